The number of ether oxygens (including phenoxy) is 2. The zero-order valence-corrected chi connectivity index (χ0v) is 17.1. The van der Waals surface area contributed by atoms with Crippen LogP contribution < -0.4 is 9.47 Å². The van der Waals surface area contributed by atoms with Gasteiger partial charge in [-0.15, -0.1) is 0 Å². The normalized spacial score (nSPS) is 11.9. The molecule has 0 N–H and O–H groups in total. The van der Waals surface area contributed by atoms with Crippen molar-refractivity contribution in [2.45, 2.75) is 5.92 Å². The molecule has 5 rings (SSSR count). The summed E-state index contributed by atoms with van der Waals surface area (Å²) in [6.45, 7) is 0. The van der Waals surface area contributed by atoms with Gasteiger partial charge in [0.1, 0.15) is 11.5 Å². The Morgan fingerprint density at radius 3 is 1.33 bits per heavy atom. The summed E-state index contributed by atoms with van der Waals surface area (Å²) in [5, 5.41) is 0. The molecule has 0 aromatic heterocycles. The van der Waals surface area contributed by atoms with E-state index in [0.717, 1.165) is 11.5 Å². The Balaban J connectivity index is 1.71. The maximum Gasteiger partial charge on any atom is 0.118 e. The molecule has 2 heteroatoms. The first-order valence-electron chi connectivity index (χ1n) is 10.1. The van der Waals surface area contributed by atoms with Gasteiger partial charge in [0.15, 0.2) is 0 Å². The molecule has 0 heterocycles. The third-order valence-corrected chi connectivity index (χ3v) is 5.91. The molecule has 1 aliphatic carbocycles. The highest BCUT2D eigenvalue weighted by Crippen LogP contribution is 2.52. The van der Waals surface area contributed by atoms with Crippen LogP contribution in [0.5, 0.6) is 11.5 Å². The summed E-state index contributed by atoms with van der Waals surface area (Å²) in [4.78, 5) is 0. The minimum atomic E-state index is 0.103. The Labute approximate surface area is 177 Å². The van der Waals surface area contributed by atoms with Gasteiger partial charge in [-0.05, 0) is 71.8 Å². The lowest BCUT2D eigenvalue weighted by Gasteiger charge is -2.23. The number of hydrogen-bond donors (Lipinski definition) is 0. The van der Waals surface area contributed by atoms with Gasteiger partial charge in [0.25, 0.3) is 0 Å². The second-order valence-electron chi connectivity index (χ2n) is 7.48. The topological polar surface area (TPSA) is 18.5 Å². The van der Waals surface area contributed by atoms with Gasteiger partial charge in [-0.2, -0.15) is 0 Å². The maximum atomic E-state index is 5.40. The molecule has 30 heavy (non-hydrogen) atoms. The molecule has 0 bridgehead atoms. The van der Waals surface area contributed by atoms with Crippen LogP contribution in [0.15, 0.2) is 97.1 Å². The van der Waals surface area contributed by atoms with E-state index in [4.69, 9.17) is 9.47 Å². The zero-order chi connectivity index (χ0) is 20.5. The van der Waals surface area contributed by atoms with Crippen LogP contribution >= 0.6 is 0 Å². The van der Waals surface area contributed by atoms with Crippen LogP contribution in [0.2, 0.25) is 0 Å². The number of rotatable bonds is 5. The first-order chi connectivity index (χ1) is 14.8. The Bertz CT molecular complexity index is 1070. The first kappa shape index (κ1) is 18.4. The van der Waals surface area contributed by atoms with Crippen molar-refractivity contribution < 1.29 is 9.47 Å². The second-order valence-corrected chi connectivity index (χ2v) is 7.48. The quantitative estimate of drug-likeness (QED) is 0.362. The van der Waals surface area contributed by atoms with Gasteiger partial charge in [-0.3, -0.25) is 0 Å². The Hall–Kier alpha value is -3.65. The minimum Gasteiger partial charge on any atom is -0.497 e. The summed E-state index contributed by atoms with van der Waals surface area (Å²) in [6, 6.07) is 34.3. The van der Waals surface area contributed by atoms with Gasteiger partial charge in [0.05, 0.1) is 48.3 Å². The van der Waals surface area contributed by atoms with Crippen molar-refractivity contribution in [3.05, 3.63) is 125 Å². The van der Waals surface area contributed by atoms with E-state index in [1.165, 1.54) is 39.3 Å². The number of hydrogen-bond acceptors (Lipinski definition) is 2. The maximum absolute atomic E-state index is 5.40. The molecule has 0 unspecified atom stereocenters. The summed E-state index contributed by atoms with van der Waals surface area (Å²) in [6.07, 6.45) is 0. The predicted octanol–water partition coefficient (Wildman–Crippen LogP) is 6.49. The van der Waals surface area contributed by atoms with Gasteiger partial charge >= 0.3 is 0 Å². The van der Waals surface area contributed by atoms with E-state index in [2.05, 4.69) is 72.8 Å². The molecule has 0 radical (unpaired) electrons. The van der Waals surface area contributed by atoms with Gasteiger partial charge in [0.2, 0.25) is 0 Å². The highest BCUT2D eigenvalue weighted by molar-refractivity contribution is 5.85. The smallest absolute Gasteiger partial charge is 0.118 e. The van der Waals surface area contributed by atoms with Crippen LogP contribution in [0.25, 0.3) is 11.1 Å². The van der Waals surface area contributed by atoms with E-state index in [9.17, 15) is 0 Å². The largest absolute Gasteiger partial charge is 0.497 e. The first-order valence-corrected chi connectivity index (χ1v) is 10.1. The van der Waals surface area contributed by atoms with Crippen molar-refractivity contribution >= 4 is 0 Å². The van der Waals surface area contributed by atoms with E-state index in [0.29, 0.717) is 0 Å². The van der Waals surface area contributed by atoms with Crippen molar-refractivity contribution in [2.75, 3.05) is 14.2 Å². The lowest BCUT2D eigenvalue weighted by molar-refractivity contribution is 0.414. The average Bonchev–Trinajstić information content (AvgIpc) is 3.15. The summed E-state index contributed by atoms with van der Waals surface area (Å²) < 4.78 is 10.8. The van der Waals surface area contributed by atoms with E-state index in [1.807, 2.05) is 24.3 Å². The van der Waals surface area contributed by atoms with Crippen molar-refractivity contribution in [3.8, 4) is 22.6 Å². The monoisotopic (exact) mass is 391 g/mol. The molecule has 0 saturated heterocycles. The standard InChI is InChI=1S/C28H23O2/c1-29-21-15-11-19(12-16-21)27(20-13-17-22(30-2)18-14-20)28-25-9-5-3-7-23(25)24-8-4-6-10-26(24)28/h3-18,27H,1-2H3/q+1. The molecular weight excluding hydrogens is 368 g/mol. The number of fused-ring (bicyclic) bond motifs is 3. The van der Waals surface area contributed by atoms with Gasteiger partial charge in [0, 0.05) is 12.1 Å². The molecule has 1 aliphatic rings. The highest BCUT2D eigenvalue weighted by atomic mass is 16.5. The second kappa shape index (κ2) is 7.64. The van der Waals surface area contributed by atoms with Crippen LogP contribution in [-0.2, 0) is 0 Å². The molecule has 0 amide bonds. The van der Waals surface area contributed by atoms with Gasteiger partial charge in [-0.25, -0.2) is 0 Å². The molecule has 2 nitrogen and oxygen atoms in total. The fourth-order valence-electron chi connectivity index (χ4n) is 4.48. The molecule has 0 atom stereocenters. The SMILES string of the molecule is COc1ccc(C(c2ccc(OC)cc2)[C+]2c3ccccc3-c3ccccc32)cc1. The summed E-state index contributed by atoms with van der Waals surface area (Å²) >= 11 is 0. The Morgan fingerprint density at radius 2 is 0.933 bits per heavy atom. The number of benzene rings is 4. The van der Waals surface area contributed by atoms with Crippen LogP contribution in [-0.4, -0.2) is 14.2 Å². The summed E-state index contributed by atoms with van der Waals surface area (Å²) in [7, 11) is 3.41. The summed E-state index contributed by atoms with van der Waals surface area (Å²) in [5.74, 6) is 3.18. The molecule has 4 aromatic rings. The van der Waals surface area contributed by atoms with Gasteiger partial charge < -0.3 is 9.47 Å². The zero-order valence-electron chi connectivity index (χ0n) is 17.1. The van der Waals surface area contributed by atoms with Crippen molar-refractivity contribution in [2.24, 2.45) is 0 Å². The molecule has 0 fully saturated rings. The minimum absolute atomic E-state index is 0.103. The van der Waals surface area contributed by atoms with Crippen LogP contribution in [0.3, 0.4) is 0 Å². The fourth-order valence-corrected chi connectivity index (χ4v) is 4.48. The van der Waals surface area contributed by atoms with Crippen molar-refractivity contribution in [1.82, 2.24) is 0 Å². The highest BCUT2D eigenvalue weighted by Gasteiger charge is 2.42. The lowest BCUT2D eigenvalue weighted by atomic mass is 9.76. The third kappa shape index (κ3) is 3.02. The van der Waals surface area contributed by atoms with Crippen molar-refractivity contribution in [3.63, 3.8) is 0 Å². The van der Waals surface area contributed by atoms with Crippen molar-refractivity contribution in [1.29, 1.82) is 0 Å². The van der Waals surface area contributed by atoms with E-state index < -0.39 is 0 Å². The Morgan fingerprint density at radius 1 is 0.533 bits per heavy atom. The molecule has 146 valence electrons. The Kier molecular flexibility index (Phi) is 4.68. The molecule has 4 aromatic carbocycles. The molecule has 0 spiro atoms. The molecule has 0 aliphatic heterocycles. The van der Waals surface area contributed by atoms with Crippen LogP contribution in [0.1, 0.15) is 28.2 Å². The lowest BCUT2D eigenvalue weighted by Crippen LogP contribution is -2.13. The average molecular weight is 391 g/mol. The van der Waals surface area contributed by atoms with Crippen LogP contribution in [0.4, 0.5) is 0 Å². The number of methoxy groups -OCH3 is 2. The molecular formula is C28H23O2+. The van der Waals surface area contributed by atoms with E-state index in [-0.39, 0.29) is 5.92 Å². The third-order valence-electron chi connectivity index (χ3n) is 5.91. The van der Waals surface area contributed by atoms with E-state index >= 15 is 0 Å². The van der Waals surface area contributed by atoms with Crippen LogP contribution in [0, 0.1) is 5.92 Å². The summed E-state index contributed by atoms with van der Waals surface area (Å²) in [5.41, 5.74) is 7.68. The van der Waals surface area contributed by atoms with E-state index in [1.54, 1.807) is 14.2 Å². The molecule has 0 saturated carbocycles. The van der Waals surface area contributed by atoms with Gasteiger partial charge in [-0.1, -0.05) is 24.3 Å². The fraction of sp³-hybridized carbons (Fsp3) is 0.107. The predicted molar refractivity (Wildman–Crippen MR) is 121 cm³/mol.